The molecule has 4 N–H and O–H groups in total. The van der Waals surface area contributed by atoms with Crippen molar-refractivity contribution < 1.29 is 14.4 Å². The van der Waals surface area contributed by atoms with Crippen LogP contribution in [0, 0.1) is 17.2 Å². The van der Waals surface area contributed by atoms with Crippen LogP contribution in [0.15, 0.2) is 36.4 Å². The normalized spacial score (nSPS) is 21.2. The minimum atomic E-state index is -0.908. The molecule has 1 aliphatic heterocycles. The smallest absolute Gasteiger partial charge is 0.251 e. The van der Waals surface area contributed by atoms with Crippen molar-refractivity contribution >= 4 is 17.7 Å². The highest BCUT2D eigenvalue weighted by Gasteiger charge is 2.54. The Labute approximate surface area is 268 Å². The third-order valence-corrected chi connectivity index (χ3v) is 9.85. The van der Waals surface area contributed by atoms with E-state index in [-0.39, 0.29) is 42.4 Å². The van der Waals surface area contributed by atoms with Crippen LogP contribution in [0.25, 0.3) is 0 Å². The van der Waals surface area contributed by atoms with Gasteiger partial charge in [0.05, 0.1) is 18.0 Å². The Morgan fingerprint density at radius 1 is 1.00 bits per heavy atom. The summed E-state index contributed by atoms with van der Waals surface area (Å²) in [4.78, 5) is 41.0. The highest BCUT2D eigenvalue weighted by molar-refractivity contribution is 5.95. The maximum absolute atomic E-state index is 13.4. The molecule has 0 radical (unpaired) electrons. The summed E-state index contributed by atoms with van der Waals surface area (Å²) >= 11 is 0. The Balaban J connectivity index is 1.42. The van der Waals surface area contributed by atoms with Crippen molar-refractivity contribution in [3.05, 3.63) is 75.6 Å². The number of aryl methyl sites for hydroxylation is 2. The van der Waals surface area contributed by atoms with Crippen molar-refractivity contribution in [1.29, 1.82) is 5.26 Å². The molecule has 2 fully saturated rings. The highest BCUT2D eigenvalue weighted by atomic mass is 16.2. The minimum absolute atomic E-state index is 0.0524. The largest absolute Gasteiger partial charge is 0.352 e. The maximum Gasteiger partial charge on any atom is 0.251 e. The Bertz CT molecular complexity index is 1590. The van der Waals surface area contributed by atoms with Crippen molar-refractivity contribution in [3.8, 4) is 6.07 Å². The van der Waals surface area contributed by atoms with Crippen LogP contribution in [0.2, 0.25) is 0 Å². The fraction of sp³-hybridized carbons (Fsp3) is 0.500. The Hall–Kier alpha value is -4.63. The van der Waals surface area contributed by atoms with Gasteiger partial charge in [0.25, 0.3) is 11.8 Å². The number of aromatic nitrogens is 4. The lowest BCUT2D eigenvalue weighted by atomic mass is 9.67. The van der Waals surface area contributed by atoms with Crippen LogP contribution in [-0.4, -0.2) is 81.0 Å². The van der Waals surface area contributed by atoms with E-state index in [1.807, 2.05) is 50.2 Å². The van der Waals surface area contributed by atoms with Crippen LogP contribution < -0.4 is 16.0 Å². The van der Waals surface area contributed by atoms with E-state index in [1.165, 1.54) is 0 Å². The SMILES string of the molecule is CCNC(=O)c1ccc2c(c1)CCc1cc(C(=O)NCC)ccc1C2(C[C@H](CC)NCC(=O)N1C(C#N)C[C@@H]2C[C@@H]21)c1nn[nH]n1. The molecule has 0 spiro atoms. The number of nitrogens with zero attached hydrogens (tertiary/aromatic N) is 5. The average Bonchev–Trinajstić information content (AvgIpc) is 3.45. The van der Waals surface area contributed by atoms with Crippen molar-refractivity contribution in [1.82, 2.24) is 41.5 Å². The lowest BCUT2D eigenvalue weighted by Gasteiger charge is -2.37. The second-order valence-corrected chi connectivity index (χ2v) is 12.5. The molecule has 46 heavy (non-hydrogen) atoms. The number of rotatable bonds is 11. The number of fused-ring (bicyclic) bond motifs is 3. The lowest BCUT2D eigenvalue weighted by molar-refractivity contribution is -0.131. The molecule has 12 heteroatoms. The van der Waals surface area contributed by atoms with Gasteiger partial charge >= 0.3 is 0 Å². The van der Waals surface area contributed by atoms with Crippen LogP contribution in [0.5, 0.6) is 0 Å². The van der Waals surface area contributed by atoms with E-state index in [2.05, 4.69) is 49.6 Å². The summed E-state index contributed by atoms with van der Waals surface area (Å²) in [6, 6.07) is 13.6. The molecular formula is C34H41N9O3. The summed E-state index contributed by atoms with van der Waals surface area (Å²) in [6.07, 6.45) is 4.22. The van der Waals surface area contributed by atoms with Gasteiger partial charge in [0.15, 0.2) is 5.82 Å². The molecule has 2 heterocycles. The van der Waals surface area contributed by atoms with E-state index >= 15 is 0 Å². The zero-order valence-electron chi connectivity index (χ0n) is 26.6. The number of aromatic amines is 1. The van der Waals surface area contributed by atoms with Crippen LogP contribution >= 0.6 is 0 Å². The van der Waals surface area contributed by atoms with Gasteiger partial charge in [-0.25, -0.2) is 0 Å². The second kappa shape index (κ2) is 13.0. The standard InChI is InChI=1S/C34H41N9O3/c1-4-25(38-19-30(44)43-26(18-35)15-24-16-29(24)43)17-34(33-39-41-42-40-33)27-11-9-22(31(45)36-5-2)13-20(27)7-8-21-14-23(10-12-28(21)34)32(46)37-6-3/h9-14,24-26,29,38H,4-8,15-17,19H2,1-3H3,(H,36,45)(H,37,46)(H,39,40,41,42)/t24-,25+,26?,29+/m1/s1. The van der Waals surface area contributed by atoms with E-state index < -0.39 is 5.41 Å². The predicted molar refractivity (Wildman–Crippen MR) is 170 cm³/mol. The van der Waals surface area contributed by atoms with Gasteiger partial charge in [0.1, 0.15) is 6.04 Å². The average molecular weight is 624 g/mol. The first-order chi connectivity index (χ1) is 22.3. The van der Waals surface area contributed by atoms with E-state index in [1.54, 1.807) is 4.90 Å². The summed E-state index contributed by atoms with van der Waals surface area (Å²) < 4.78 is 0. The highest BCUT2D eigenvalue weighted by Crippen LogP contribution is 2.48. The first kappa shape index (κ1) is 31.4. The molecule has 4 atom stereocenters. The molecule has 1 aromatic heterocycles. The number of hydrogen-bond acceptors (Lipinski definition) is 8. The zero-order valence-corrected chi connectivity index (χ0v) is 26.6. The van der Waals surface area contributed by atoms with Crippen molar-refractivity contribution in [3.63, 3.8) is 0 Å². The quantitative estimate of drug-likeness (QED) is 0.252. The van der Waals surface area contributed by atoms with Crippen LogP contribution in [0.3, 0.4) is 0 Å². The third-order valence-electron chi connectivity index (χ3n) is 9.85. The van der Waals surface area contributed by atoms with E-state index in [0.717, 1.165) is 35.1 Å². The zero-order chi connectivity index (χ0) is 32.4. The van der Waals surface area contributed by atoms with Gasteiger partial charge in [0.2, 0.25) is 5.91 Å². The summed E-state index contributed by atoms with van der Waals surface area (Å²) in [7, 11) is 0. The molecule has 1 saturated carbocycles. The first-order valence-corrected chi connectivity index (χ1v) is 16.4. The molecule has 12 nitrogen and oxygen atoms in total. The summed E-state index contributed by atoms with van der Waals surface area (Å²) in [5, 5.41) is 34.7. The van der Waals surface area contributed by atoms with E-state index in [4.69, 9.17) is 0 Å². The van der Waals surface area contributed by atoms with Gasteiger partial charge in [0, 0.05) is 36.3 Å². The molecule has 3 aliphatic rings. The molecule has 2 aromatic carbocycles. The van der Waals surface area contributed by atoms with Crippen molar-refractivity contribution in [2.75, 3.05) is 19.6 Å². The van der Waals surface area contributed by atoms with Crippen LogP contribution in [0.4, 0.5) is 0 Å². The molecule has 6 rings (SSSR count). The molecule has 2 aliphatic carbocycles. The summed E-state index contributed by atoms with van der Waals surface area (Å²) in [5.41, 5.74) is 4.14. The number of carbonyl (C=O) groups is 3. The molecule has 1 saturated heterocycles. The predicted octanol–water partition coefficient (Wildman–Crippen LogP) is 2.40. The van der Waals surface area contributed by atoms with Gasteiger partial charge in [-0.05, 0) is 105 Å². The Morgan fingerprint density at radius 2 is 1.63 bits per heavy atom. The van der Waals surface area contributed by atoms with Gasteiger partial charge < -0.3 is 20.9 Å². The van der Waals surface area contributed by atoms with Crippen molar-refractivity contribution in [2.45, 2.75) is 82.8 Å². The van der Waals surface area contributed by atoms with Gasteiger partial charge in [-0.2, -0.15) is 10.5 Å². The Morgan fingerprint density at radius 3 is 2.15 bits per heavy atom. The van der Waals surface area contributed by atoms with Gasteiger partial charge in [-0.1, -0.05) is 24.3 Å². The van der Waals surface area contributed by atoms with E-state index in [9.17, 15) is 19.6 Å². The number of tetrazole rings is 1. The number of benzene rings is 2. The molecule has 240 valence electrons. The molecular weight excluding hydrogens is 582 g/mol. The van der Waals surface area contributed by atoms with E-state index in [0.29, 0.717) is 61.6 Å². The number of nitriles is 1. The first-order valence-electron chi connectivity index (χ1n) is 16.4. The molecule has 3 amide bonds. The lowest BCUT2D eigenvalue weighted by Crippen LogP contribution is -2.47. The van der Waals surface area contributed by atoms with Crippen LogP contribution in [0.1, 0.15) is 95.2 Å². The number of H-pyrrole nitrogens is 1. The fourth-order valence-electron chi connectivity index (χ4n) is 7.53. The molecule has 0 bridgehead atoms. The number of piperidine rings is 1. The number of nitrogens with one attached hydrogen (secondary N) is 4. The summed E-state index contributed by atoms with van der Waals surface area (Å²) in [5.74, 6) is 0.591. The van der Waals surface area contributed by atoms with Crippen molar-refractivity contribution in [2.24, 2.45) is 5.92 Å². The minimum Gasteiger partial charge on any atom is -0.352 e. The topological polar surface area (TPSA) is 169 Å². The van der Waals surface area contributed by atoms with Crippen LogP contribution in [-0.2, 0) is 23.1 Å². The maximum atomic E-state index is 13.4. The monoisotopic (exact) mass is 623 g/mol. The van der Waals surface area contributed by atoms with Gasteiger partial charge in [-0.15, -0.1) is 10.2 Å². The molecule has 1 unspecified atom stereocenters. The number of amides is 3. The number of carbonyl (C=O) groups excluding carboxylic acids is 3. The fourth-order valence-corrected chi connectivity index (χ4v) is 7.53. The molecule has 3 aromatic rings. The number of hydrogen-bond donors (Lipinski definition) is 4. The van der Waals surface area contributed by atoms with Gasteiger partial charge in [-0.3, -0.25) is 14.4 Å². The Kier molecular flexibility index (Phi) is 8.86. The summed E-state index contributed by atoms with van der Waals surface area (Å²) in [6.45, 7) is 7.02. The third kappa shape index (κ3) is 5.64. The number of likely N-dealkylation sites (tertiary alicyclic amines) is 1. The second-order valence-electron chi connectivity index (χ2n) is 12.5.